The molecule has 0 N–H and O–H groups in total. The second-order valence-corrected chi connectivity index (χ2v) is 12.2. The van der Waals surface area contributed by atoms with Crippen molar-refractivity contribution in [3.63, 3.8) is 0 Å². The van der Waals surface area contributed by atoms with Crippen molar-refractivity contribution < 1.29 is 47.6 Å². The van der Waals surface area contributed by atoms with Crippen molar-refractivity contribution in [2.24, 2.45) is 23.7 Å². The highest BCUT2D eigenvalue weighted by Gasteiger charge is 2.56. The second kappa shape index (κ2) is 13.8. The molecular formula is C34H42O10. The van der Waals surface area contributed by atoms with Crippen LogP contribution in [0.2, 0.25) is 0 Å². The lowest BCUT2D eigenvalue weighted by Gasteiger charge is -2.44. The van der Waals surface area contributed by atoms with Crippen LogP contribution in [0, 0.1) is 23.7 Å². The van der Waals surface area contributed by atoms with Crippen LogP contribution in [0.4, 0.5) is 0 Å². The molecule has 6 unspecified atom stereocenters. The van der Waals surface area contributed by atoms with Crippen LogP contribution in [0.3, 0.4) is 0 Å². The fourth-order valence-electron chi connectivity index (χ4n) is 5.24. The van der Waals surface area contributed by atoms with E-state index in [0.717, 1.165) is 18.2 Å². The third-order valence-electron chi connectivity index (χ3n) is 7.86. The Bertz CT molecular complexity index is 1350. The molecule has 1 aromatic carbocycles. The highest BCUT2D eigenvalue weighted by Crippen LogP contribution is 2.42. The SMILES string of the molecule is COC(=O)C1OC(Oc2ccc3c(c2)C(C)C2C=CC=CC2=C3)C(OC(=O)C(C)C)C(OC(=O)C(C)C)[C@H]1OC(=O)C(C)C. The van der Waals surface area contributed by atoms with Crippen molar-refractivity contribution in [2.45, 2.75) is 85.1 Å². The minimum Gasteiger partial charge on any atom is -0.467 e. The molecule has 4 rings (SSSR count). The maximum atomic E-state index is 13.0. The number of carbonyl (C=O) groups is 4. The van der Waals surface area contributed by atoms with Gasteiger partial charge in [0.2, 0.25) is 12.4 Å². The van der Waals surface area contributed by atoms with Gasteiger partial charge in [0, 0.05) is 5.92 Å². The third kappa shape index (κ3) is 7.07. The van der Waals surface area contributed by atoms with Gasteiger partial charge in [-0.2, -0.15) is 0 Å². The average Bonchev–Trinajstić information content (AvgIpc) is 2.99. The van der Waals surface area contributed by atoms with Gasteiger partial charge in [0.25, 0.3) is 0 Å². The number of carbonyl (C=O) groups excluding carboxylic acids is 4. The molecular weight excluding hydrogens is 568 g/mol. The summed E-state index contributed by atoms with van der Waals surface area (Å²) < 4.78 is 34.7. The van der Waals surface area contributed by atoms with Crippen LogP contribution in [-0.4, -0.2) is 61.7 Å². The molecule has 0 radical (unpaired) electrons. The molecule has 238 valence electrons. The van der Waals surface area contributed by atoms with Gasteiger partial charge in [-0.3, -0.25) is 14.4 Å². The lowest BCUT2D eigenvalue weighted by Crippen LogP contribution is -2.65. The first-order valence-electron chi connectivity index (χ1n) is 15.0. The molecule has 1 saturated heterocycles. The molecule has 3 aliphatic rings. The molecule has 10 nitrogen and oxygen atoms in total. The summed E-state index contributed by atoms with van der Waals surface area (Å²) in [6.45, 7) is 11.9. The molecule has 0 saturated carbocycles. The van der Waals surface area contributed by atoms with Gasteiger partial charge >= 0.3 is 23.9 Å². The van der Waals surface area contributed by atoms with Gasteiger partial charge in [0.1, 0.15) is 5.75 Å². The summed E-state index contributed by atoms with van der Waals surface area (Å²) in [7, 11) is 1.16. The smallest absolute Gasteiger partial charge is 0.339 e. The zero-order valence-electron chi connectivity index (χ0n) is 26.5. The van der Waals surface area contributed by atoms with Crippen LogP contribution in [0.25, 0.3) is 6.08 Å². The Morgan fingerprint density at radius 1 is 0.795 bits per heavy atom. The molecule has 1 aromatic rings. The van der Waals surface area contributed by atoms with Crippen molar-refractivity contribution in [2.75, 3.05) is 7.11 Å². The molecule has 7 atom stereocenters. The summed E-state index contributed by atoms with van der Waals surface area (Å²) in [6.07, 6.45) is 3.14. The quantitative estimate of drug-likeness (QED) is 0.281. The van der Waals surface area contributed by atoms with E-state index in [1.165, 1.54) is 5.57 Å². The number of fused-ring (bicyclic) bond motifs is 2. The molecule has 1 aliphatic heterocycles. The first-order valence-corrected chi connectivity index (χ1v) is 15.0. The van der Waals surface area contributed by atoms with Crippen molar-refractivity contribution in [1.82, 2.24) is 0 Å². The zero-order valence-corrected chi connectivity index (χ0v) is 26.5. The predicted molar refractivity (Wildman–Crippen MR) is 160 cm³/mol. The monoisotopic (exact) mass is 610 g/mol. The molecule has 44 heavy (non-hydrogen) atoms. The van der Waals surface area contributed by atoms with Crippen molar-refractivity contribution in [3.8, 4) is 5.75 Å². The Morgan fingerprint density at radius 2 is 1.39 bits per heavy atom. The molecule has 0 aromatic heterocycles. The first-order chi connectivity index (χ1) is 20.8. The van der Waals surface area contributed by atoms with Gasteiger partial charge in [0.05, 0.1) is 24.9 Å². The number of rotatable bonds is 9. The minimum atomic E-state index is -1.55. The number of methoxy groups -OCH3 is 1. The van der Waals surface area contributed by atoms with Gasteiger partial charge in [0.15, 0.2) is 18.3 Å². The number of hydrogen-bond donors (Lipinski definition) is 0. The molecule has 0 bridgehead atoms. The topological polar surface area (TPSA) is 124 Å². The zero-order chi connectivity index (χ0) is 32.3. The Kier molecular flexibility index (Phi) is 10.3. The van der Waals surface area contributed by atoms with Gasteiger partial charge in [-0.05, 0) is 34.8 Å². The van der Waals surface area contributed by atoms with Crippen molar-refractivity contribution >= 4 is 30.0 Å². The van der Waals surface area contributed by atoms with Crippen LogP contribution in [-0.2, 0) is 42.9 Å². The Morgan fingerprint density at radius 3 is 1.98 bits per heavy atom. The van der Waals surface area contributed by atoms with E-state index >= 15 is 0 Å². The van der Waals surface area contributed by atoms with Gasteiger partial charge in [-0.25, -0.2) is 4.79 Å². The van der Waals surface area contributed by atoms with E-state index in [2.05, 4.69) is 25.2 Å². The first kappa shape index (κ1) is 33.0. The van der Waals surface area contributed by atoms with Gasteiger partial charge < -0.3 is 28.4 Å². The van der Waals surface area contributed by atoms with E-state index in [1.54, 1.807) is 47.6 Å². The lowest BCUT2D eigenvalue weighted by atomic mass is 9.74. The summed E-state index contributed by atoms with van der Waals surface area (Å²) in [5.74, 6) is -3.84. The average molecular weight is 611 g/mol. The molecule has 0 amide bonds. The number of benzene rings is 1. The maximum Gasteiger partial charge on any atom is 0.339 e. The second-order valence-electron chi connectivity index (χ2n) is 12.2. The Labute approximate surface area is 258 Å². The van der Waals surface area contributed by atoms with E-state index < -0.39 is 72.3 Å². The Balaban J connectivity index is 1.76. The molecule has 1 fully saturated rings. The molecule has 10 heteroatoms. The highest BCUT2D eigenvalue weighted by atomic mass is 16.7. The summed E-state index contributed by atoms with van der Waals surface area (Å²) in [4.78, 5) is 51.7. The van der Waals surface area contributed by atoms with Crippen LogP contribution in [0.1, 0.15) is 65.5 Å². The Hall–Kier alpha value is -3.92. The summed E-state index contributed by atoms with van der Waals surface area (Å²) in [5.41, 5.74) is 3.30. The predicted octanol–water partition coefficient (Wildman–Crippen LogP) is 4.91. The fourth-order valence-corrected chi connectivity index (χ4v) is 5.24. The normalized spacial score (nSPS) is 27.2. The largest absolute Gasteiger partial charge is 0.467 e. The lowest BCUT2D eigenvalue weighted by molar-refractivity contribution is -0.285. The van der Waals surface area contributed by atoms with E-state index in [1.807, 2.05) is 24.3 Å². The number of hydrogen-bond acceptors (Lipinski definition) is 10. The molecule has 1 heterocycles. The van der Waals surface area contributed by atoms with Crippen molar-refractivity contribution in [3.05, 3.63) is 59.2 Å². The molecule has 2 aliphatic carbocycles. The summed E-state index contributed by atoms with van der Waals surface area (Å²) >= 11 is 0. The van der Waals surface area contributed by atoms with Crippen LogP contribution >= 0.6 is 0 Å². The van der Waals surface area contributed by atoms with E-state index in [0.29, 0.717) is 5.75 Å². The highest BCUT2D eigenvalue weighted by molar-refractivity contribution is 5.78. The van der Waals surface area contributed by atoms with E-state index in [4.69, 9.17) is 28.4 Å². The maximum absolute atomic E-state index is 13.0. The van der Waals surface area contributed by atoms with Gasteiger partial charge in [-0.15, -0.1) is 0 Å². The van der Waals surface area contributed by atoms with Crippen LogP contribution in [0.15, 0.2) is 48.1 Å². The third-order valence-corrected chi connectivity index (χ3v) is 7.86. The minimum absolute atomic E-state index is 0.138. The standard InChI is InChI=1S/C34H42O10/c1-17(2)30(35)41-26-27(42-31(36)18(3)4)29(43-32(37)19(5)6)34(44-28(26)33(38)39-8)40-23-14-13-22-15-21-11-9-10-12-24(21)20(7)25(22)16-23/h9-20,24,26-29,34H,1-8H3/t20?,24?,26-,27?,28?,29?,34?/m1/s1. The number of ether oxygens (including phenoxy) is 6. The summed E-state index contributed by atoms with van der Waals surface area (Å²) in [6, 6.07) is 5.57. The van der Waals surface area contributed by atoms with E-state index in [9.17, 15) is 19.2 Å². The fraction of sp³-hybridized carbons (Fsp3) is 0.529. The molecule has 0 spiro atoms. The van der Waals surface area contributed by atoms with Gasteiger partial charge in [-0.1, -0.05) is 84.9 Å². The van der Waals surface area contributed by atoms with E-state index in [-0.39, 0.29) is 11.8 Å². The number of esters is 4. The summed E-state index contributed by atoms with van der Waals surface area (Å²) in [5, 5.41) is 0. The van der Waals surface area contributed by atoms with Crippen LogP contribution < -0.4 is 4.74 Å². The van der Waals surface area contributed by atoms with Crippen LogP contribution in [0.5, 0.6) is 5.75 Å². The number of allylic oxidation sites excluding steroid dienone is 5. The van der Waals surface area contributed by atoms with Crippen molar-refractivity contribution in [1.29, 1.82) is 0 Å².